The molecule has 0 fully saturated rings. The van der Waals surface area contributed by atoms with Crippen molar-refractivity contribution in [3.8, 4) is 5.88 Å². The number of hydrogen-bond donors (Lipinski definition) is 1. The van der Waals surface area contributed by atoms with Gasteiger partial charge in [0.2, 0.25) is 5.88 Å². The summed E-state index contributed by atoms with van der Waals surface area (Å²) < 4.78 is 2.05. The van der Waals surface area contributed by atoms with Crippen molar-refractivity contribution in [1.29, 1.82) is 0 Å². The van der Waals surface area contributed by atoms with Gasteiger partial charge in [-0.25, -0.2) is 9.97 Å². The number of hydrogen-bond acceptors (Lipinski definition) is 6. The molecule has 5 nitrogen and oxygen atoms in total. The van der Waals surface area contributed by atoms with Gasteiger partial charge < -0.3 is 5.11 Å². The lowest BCUT2D eigenvalue weighted by molar-refractivity contribution is 0.444. The number of fused-ring (bicyclic) bond motifs is 1. The maximum Gasteiger partial charge on any atom is 0.215 e. The first-order valence-corrected chi connectivity index (χ1v) is 7.16. The third-order valence-corrected chi connectivity index (χ3v) is 4.04. The van der Waals surface area contributed by atoms with Crippen LogP contribution in [0.4, 0.5) is 0 Å². The molecule has 92 valence electrons. The van der Waals surface area contributed by atoms with Gasteiger partial charge in [0.15, 0.2) is 10.1 Å². The average molecular weight is 278 g/mol. The Balaban J connectivity index is 1.80. The Bertz CT molecular complexity index is 671. The predicted molar refractivity (Wildman–Crippen MR) is 71.1 cm³/mol. The normalized spacial score (nSPS) is 11.2. The molecule has 3 aromatic heterocycles. The van der Waals surface area contributed by atoms with Gasteiger partial charge in [0.25, 0.3) is 0 Å². The molecule has 0 bridgehead atoms. The number of nitrogens with zero attached hydrogens (tertiary/aromatic N) is 4. The summed E-state index contributed by atoms with van der Waals surface area (Å²) in [6, 6.07) is 1.54. The summed E-state index contributed by atoms with van der Waals surface area (Å²) in [5, 5.41) is 12.0. The molecule has 0 unspecified atom stereocenters. The number of aryl methyl sites for hydroxylation is 1. The third-order valence-electron chi connectivity index (χ3n) is 2.39. The molecule has 1 N–H and O–H groups in total. The first-order chi connectivity index (χ1) is 8.72. The zero-order valence-electron chi connectivity index (χ0n) is 9.57. The van der Waals surface area contributed by atoms with Gasteiger partial charge in [-0.2, -0.15) is 4.98 Å². The fraction of sp³-hybridized carbons (Fsp3) is 0.182. The van der Waals surface area contributed by atoms with Crippen LogP contribution < -0.4 is 0 Å². The van der Waals surface area contributed by atoms with Gasteiger partial charge in [0.05, 0.1) is 11.9 Å². The van der Waals surface area contributed by atoms with Crippen molar-refractivity contribution in [1.82, 2.24) is 19.4 Å². The van der Waals surface area contributed by atoms with E-state index in [2.05, 4.69) is 15.0 Å². The molecule has 7 heteroatoms. The van der Waals surface area contributed by atoms with Crippen LogP contribution in [0.5, 0.6) is 5.88 Å². The lowest BCUT2D eigenvalue weighted by Gasteiger charge is -2.01. The molecule has 0 amide bonds. The molecule has 18 heavy (non-hydrogen) atoms. The molecule has 3 heterocycles. The molecular formula is C11H10N4OS2. The van der Waals surface area contributed by atoms with E-state index in [0.717, 1.165) is 22.1 Å². The molecule has 0 atom stereocenters. The summed E-state index contributed by atoms with van der Waals surface area (Å²) in [6.07, 6.45) is 3.85. The number of thiazole rings is 1. The second-order valence-corrected chi connectivity index (χ2v) is 5.56. The monoisotopic (exact) mass is 278 g/mol. The molecule has 0 aliphatic carbocycles. The van der Waals surface area contributed by atoms with E-state index in [9.17, 15) is 5.11 Å². The number of thioether (sulfide) groups is 1. The van der Waals surface area contributed by atoms with E-state index in [0.29, 0.717) is 5.16 Å². The SMILES string of the molecule is Cc1cc(O)nc(SCc2cnc3sccn23)n1. The Morgan fingerprint density at radius 2 is 2.33 bits per heavy atom. The first-order valence-electron chi connectivity index (χ1n) is 5.29. The van der Waals surface area contributed by atoms with E-state index in [1.165, 1.54) is 11.8 Å². The van der Waals surface area contributed by atoms with E-state index in [1.807, 2.05) is 29.1 Å². The second-order valence-electron chi connectivity index (χ2n) is 3.74. The summed E-state index contributed by atoms with van der Waals surface area (Å²) in [4.78, 5) is 13.5. The molecule has 0 aliphatic rings. The summed E-state index contributed by atoms with van der Waals surface area (Å²) in [6.45, 7) is 1.83. The maximum atomic E-state index is 9.41. The van der Waals surface area contributed by atoms with Crippen LogP contribution in [0.1, 0.15) is 11.4 Å². The van der Waals surface area contributed by atoms with Gasteiger partial charge >= 0.3 is 0 Å². The Kier molecular flexibility index (Phi) is 2.92. The minimum Gasteiger partial charge on any atom is -0.493 e. The predicted octanol–water partition coefficient (Wildman–Crippen LogP) is 2.49. The lowest BCUT2D eigenvalue weighted by atomic mass is 10.4. The molecule has 0 saturated carbocycles. The minimum absolute atomic E-state index is 0.0129. The van der Waals surface area contributed by atoms with Gasteiger partial charge in [0.1, 0.15) is 0 Å². The van der Waals surface area contributed by atoms with Crippen molar-refractivity contribution in [2.75, 3.05) is 0 Å². The smallest absolute Gasteiger partial charge is 0.215 e. The Labute approximate surface area is 112 Å². The lowest BCUT2D eigenvalue weighted by Crippen LogP contribution is -1.92. The highest BCUT2D eigenvalue weighted by Crippen LogP contribution is 2.23. The molecular weight excluding hydrogens is 268 g/mol. The van der Waals surface area contributed by atoms with E-state index in [1.54, 1.807) is 17.4 Å². The van der Waals surface area contributed by atoms with Crippen molar-refractivity contribution in [3.63, 3.8) is 0 Å². The van der Waals surface area contributed by atoms with Crippen LogP contribution in [-0.4, -0.2) is 24.5 Å². The van der Waals surface area contributed by atoms with Crippen molar-refractivity contribution >= 4 is 28.1 Å². The number of rotatable bonds is 3. The number of aromatic nitrogens is 4. The molecule has 0 saturated heterocycles. The maximum absolute atomic E-state index is 9.41. The van der Waals surface area contributed by atoms with E-state index < -0.39 is 0 Å². The standard InChI is InChI=1S/C11H10N4OS2/c1-7-4-9(16)14-10(13-7)18-6-8-5-12-11-15(8)2-3-17-11/h2-5H,6H2,1H3,(H,13,14,16). The van der Waals surface area contributed by atoms with Crippen molar-refractivity contribution in [3.05, 3.63) is 35.2 Å². The molecule has 3 rings (SSSR count). The zero-order valence-corrected chi connectivity index (χ0v) is 11.2. The van der Waals surface area contributed by atoms with Gasteiger partial charge in [-0.3, -0.25) is 4.40 Å². The van der Waals surface area contributed by atoms with Crippen LogP contribution in [0, 0.1) is 6.92 Å². The quantitative estimate of drug-likeness (QED) is 0.589. The molecule has 0 aromatic carbocycles. The van der Waals surface area contributed by atoms with Crippen LogP contribution in [0.3, 0.4) is 0 Å². The van der Waals surface area contributed by atoms with Gasteiger partial charge in [0, 0.05) is 29.1 Å². The Morgan fingerprint density at radius 3 is 3.17 bits per heavy atom. The van der Waals surface area contributed by atoms with E-state index >= 15 is 0 Å². The Hall–Kier alpha value is -1.60. The summed E-state index contributed by atoms with van der Waals surface area (Å²) in [5.74, 6) is 0.736. The van der Waals surface area contributed by atoms with Gasteiger partial charge in [-0.05, 0) is 6.92 Å². The van der Waals surface area contributed by atoms with E-state index in [-0.39, 0.29) is 5.88 Å². The highest BCUT2D eigenvalue weighted by molar-refractivity contribution is 7.98. The topological polar surface area (TPSA) is 63.3 Å². The minimum atomic E-state index is 0.0129. The molecule has 0 radical (unpaired) electrons. The highest BCUT2D eigenvalue weighted by Gasteiger charge is 2.07. The van der Waals surface area contributed by atoms with Crippen molar-refractivity contribution in [2.24, 2.45) is 0 Å². The summed E-state index contributed by atoms with van der Waals surface area (Å²) in [5.41, 5.74) is 1.86. The fourth-order valence-electron chi connectivity index (χ4n) is 1.61. The van der Waals surface area contributed by atoms with Crippen LogP contribution >= 0.6 is 23.1 Å². The zero-order chi connectivity index (χ0) is 12.5. The van der Waals surface area contributed by atoms with Crippen LogP contribution in [-0.2, 0) is 5.75 Å². The largest absolute Gasteiger partial charge is 0.493 e. The van der Waals surface area contributed by atoms with E-state index in [4.69, 9.17) is 0 Å². The number of aromatic hydroxyl groups is 1. The van der Waals surface area contributed by atoms with Gasteiger partial charge in [-0.1, -0.05) is 11.8 Å². The number of imidazole rings is 1. The summed E-state index contributed by atoms with van der Waals surface area (Å²) >= 11 is 3.09. The fourth-order valence-corrected chi connectivity index (χ4v) is 3.18. The third kappa shape index (κ3) is 2.19. The van der Waals surface area contributed by atoms with Crippen LogP contribution in [0.25, 0.3) is 4.96 Å². The van der Waals surface area contributed by atoms with Gasteiger partial charge in [-0.15, -0.1) is 11.3 Å². The molecule has 3 aromatic rings. The Morgan fingerprint density at radius 1 is 1.44 bits per heavy atom. The molecule has 0 spiro atoms. The van der Waals surface area contributed by atoms with Crippen molar-refractivity contribution in [2.45, 2.75) is 17.8 Å². The average Bonchev–Trinajstić information content (AvgIpc) is 2.87. The van der Waals surface area contributed by atoms with Crippen molar-refractivity contribution < 1.29 is 5.11 Å². The second kappa shape index (κ2) is 4.58. The highest BCUT2D eigenvalue weighted by atomic mass is 32.2. The summed E-state index contributed by atoms with van der Waals surface area (Å²) in [7, 11) is 0. The van der Waals surface area contributed by atoms with Crippen LogP contribution in [0.15, 0.2) is 29.0 Å². The first kappa shape index (κ1) is 11.5. The molecule has 0 aliphatic heterocycles. The van der Waals surface area contributed by atoms with Crippen LogP contribution in [0.2, 0.25) is 0 Å².